The first-order chi connectivity index (χ1) is 9.72. The molecule has 0 spiro atoms. The van der Waals surface area contributed by atoms with Gasteiger partial charge in [0.1, 0.15) is 0 Å². The molecule has 20 heavy (non-hydrogen) atoms. The van der Waals surface area contributed by atoms with E-state index in [0.29, 0.717) is 16.4 Å². The molecule has 0 unspecified atom stereocenters. The maximum absolute atomic E-state index is 11.9. The number of hydrogen-bond acceptors (Lipinski definition) is 4. The zero-order chi connectivity index (χ0) is 13.9. The van der Waals surface area contributed by atoms with Crippen LogP contribution in [-0.4, -0.2) is 22.0 Å². The van der Waals surface area contributed by atoms with Crippen molar-refractivity contribution < 1.29 is 9.59 Å². The summed E-state index contributed by atoms with van der Waals surface area (Å²) in [6.45, 7) is 0.403. The third-order valence-electron chi connectivity index (χ3n) is 3.02. The van der Waals surface area contributed by atoms with Crippen LogP contribution >= 0.6 is 11.3 Å². The van der Waals surface area contributed by atoms with E-state index >= 15 is 0 Å². The van der Waals surface area contributed by atoms with Crippen LogP contribution in [0.4, 0.5) is 5.00 Å². The van der Waals surface area contributed by atoms with Crippen LogP contribution in [0.15, 0.2) is 24.4 Å². The van der Waals surface area contributed by atoms with Crippen molar-refractivity contribution in [3.05, 3.63) is 35.0 Å². The monoisotopic (exact) mass is 290 g/mol. The molecule has 1 fully saturated rings. The standard InChI is InChI=1S/C13H14N4O2S/c18-12(8-1-2-8)16-11-4-3-10(20-11)13(19)14-7-9-5-6-15-17-9/h3-6,8H,1-2,7H2,(H,14,19)(H,15,17)(H,16,18). The molecule has 7 heteroatoms. The zero-order valence-corrected chi connectivity index (χ0v) is 11.5. The second kappa shape index (κ2) is 5.46. The molecule has 0 saturated heterocycles. The molecule has 1 aliphatic carbocycles. The van der Waals surface area contributed by atoms with E-state index in [-0.39, 0.29) is 17.7 Å². The average Bonchev–Trinajstić information content (AvgIpc) is 2.98. The van der Waals surface area contributed by atoms with Crippen molar-refractivity contribution in [1.82, 2.24) is 15.5 Å². The fourth-order valence-electron chi connectivity index (χ4n) is 1.74. The van der Waals surface area contributed by atoms with Crippen molar-refractivity contribution >= 4 is 28.2 Å². The number of nitrogens with zero attached hydrogens (tertiary/aromatic N) is 1. The Morgan fingerprint density at radius 3 is 2.90 bits per heavy atom. The minimum Gasteiger partial charge on any atom is -0.346 e. The summed E-state index contributed by atoms with van der Waals surface area (Å²) in [7, 11) is 0. The van der Waals surface area contributed by atoms with Crippen LogP contribution in [0.25, 0.3) is 0 Å². The number of anilines is 1. The topological polar surface area (TPSA) is 86.9 Å². The summed E-state index contributed by atoms with van der Waals surface area (Å²) >= 11 is 1.28. The number of carbonyl (C=O) groups is 2. The van der Waals surface area contributed by atoms with Crippen LogP contribution in [0.3, 0.4) is 0 Å². The summed E-state index contributed by atoms with van der Waals surface area (Å²) in [6, 6.07) is 5.28. The molecule has 0 atom stereocenters. The summed E-state index contributed by atoms with van der Waals surface area (Å²) in [5.74, 6) is 0.0579. The molecule has 6 nitrogen and oxygen atoms in total. The van der Waals surface area contributed by atoms with Gasteiger partial charge < -0.3 is 10.6 Å². The highest BCUT2D eigenvalue weighted by atomic mass is 32.1. The Labute approximate surface area is 119 Å². The zero-order valence-electron chi connectivity index (χ0n) is 10.7. The van der Waals surface area contributed by atoms with Gasteiger partial charge in [-0.3, -0.25) is 14.7 Å². The highest BCUT2D eigenvalue weighted by Gasteiger charge is 2.29. The summed E-state index contributed by atoms with van der Waals surface area (Å²) in [4.78, 5) is 24.1. The quantitative estimate of drug-likeness (QED) is 0.784. The molecule has 2 aromatic heterocycles. The van der Waals surface area contributed by atoms with Gasteiger partial charge >= 0.3 is 0 Å². The van der Waals surface area contributed by atoms with Crippen molar-refractivity contribution in [3.8, 4) is 0 Å². The lowest BCUT2D eigenvalue weighted by atomic mass is 10.4. The van der Waals surface area contributed by atoms with E-state index in [4.69, 9.17) is 0 Å². The third kappa shape index (κ3) is 3.05. The first kappa shape index (κ1) is 12.9. The average molecular weight is 290 g/mol. The Morgan fingerprint density at radius 1 is 1.35 bits per heavy atom. The van der Waals surface area contributed by atoms with Crippen molar-refractivity contribution in [3.63, 3.8) is 0 Å². The van der Waals surface area contributed by atoms with Crippen LogP contribution in [0, 0.1) is 5.92 Å². The first-order valence-corrected chi connectivity index (χ1v) is 7.21. The van der Waals surface area contributed by atoms with Gasteiger partial charge in [-0.05, 0) is 31.0 Å². The third-order valence-corrected chi connectivity index (χ3v) is 4.02. The Morgan fingerprint density at radius 2 is 2.20 bits per heavy atom. The Hall–Kier alpha value is -2.15. The van der Waals surface area contributed by atoms with Crippen LogP contribution in [-0.2, 0) is 11.3 Å². The molecule has 2 aromatic rings. The van der Waals surface area contributed by atoms with Gasteiger partial charge in [-0.15, -0.1) is 11.3 Å². The van der Waals surface area contributed by atoms with E-state index in [1.807, 2.05) is 0 Å². The smallest absolute Gasteiger partial charge is 0.261 e. The van der Waals surface area contributed by atoms with Crippen LogP contribution in [0.5, 0.6) is 0 Å². The highest BCUT2D eigenvalue weighted by molar-refractivity contribution is 7.18. The van der Waals surface area contributed by atoms with E-state index in [0.717, 1.165) is 18.5 Å². The van der Waals surface area contributed by atoms with Crippen molar-refractivity contribution in [2.24, 2.45) is 5.92 Å². The SMILES string of the molecule is O=C(NCc1ccn[nH]1)c1ccc(NC(=O)C2CC2)s1. The van der Waals surface area contributed by atoms with E-state index in [1.165, 1.54) is 11.3 Å². The van der Waals surface area contributed by atoms with Gasteiger partial charge in [-0.1, -0.05) is 0 Å². The van der Waals surface area contributed by atoms with Gasteiger partial charge in [0.05, 0.1) is 22.1 Å². The number of thiophene rings is 1. The lowest BCUT2D eigenvalue weighted by Crippen LogP contribution is -2.21. The highest BCUT2D eigenvalue weighted by Crippen LogP contribution is 2.31. The number of nitrogens with one attached hydrogen (secondary N) is 3. The minimum atomic E-state index is -0.156. The number of amides is 2. The molecule has 2 amide bonds. The van der Waals surface area contributed by atoms with Gasteiger partial charge in [-0.25, -0.2) is 0 Å². The number of H-pyrrole nitrogens is 1. The molecule has 0 bridgehead atoms. The summed E-state index contributed by atoms with van der Waals surface area (Å²) in [5.41, 5.74) is 0.845. The predicted molar refractivity (Wildman–Crippen MR) is 75.4 cm³/mol. The molecule has 3 N–H and O–H groups in total. The Kier molecular flexibility index (Phi) is 3.51. The molecule has 1 saturated carbocycles. The molecular formula is C13H14N4O2S. The second-order valence-electron chi connectivity index (χ2n) is 4.69. The normalized spacial score (nSPS) is 14.0. The van der Waals surface area contributed by atoms with Gasteiger partial charge in [0.2, 0.25) is 5.91 Å². The number of aromatic nitrogens is 2. The van der Waals surface area contributed by atoms with Gasteiger partial charge in [0.25, 0.3) is 5.91 Å². The van der Waals surface area contributed by atoms with Crippen LogP contribution in [0.2, 0.25) is 0 Å². The maximum Gasteiger partial charge on any atom is 0.261 e. The molecule has 1 aliphatic rings. The molecule has 104 valence electrons. The lowest BCUT2D eigenvalue weighted by Gasteiger charge is -2.01. The van der Waals surface area contributed by atoms with Crippen molar-refractivity contribution in [2.75, 3.05) is 5.32 Å². The predicted octanol–water partition coefficient (Wildman–Crippen LogP) is 1.75. The number of hydrogen-bond donors (Lipinski definition) is 3. The lowest BCUT2D eigenvalue weighted by molar-refractivity contribution is -0.117. The van der Waals surface area contributed by atoms with Crippen molar-refractivity contribution in [2.45, 2.75) is 19.4 Å². The largest absolute Gasteiger partial charge is 0.346 e. The van der Waals surface area contributed by atoms with E-state index in [2.05, 4.69) is 20.8 Å². The molecule has 0 aromatic carbocycles. The second-order valence-corrected chi connectivity index (χ2v) is 5.78. The minimum absolute atomic E-state index is 0.0521. The van der Waals surface area contributed by atoms with Crippen LogP contribution < -0.4 is 10.6 Å². The molecule has 2 heterocycles. The summed E-state index contributed by atoms with van der Waals surface area (Å²) in [5, 5.41) is 12.9. The molecule has 0 aliphatic heterocycles. The summed E-state index contributed by atoms with van der Waals surface area (Å²) < 4.78 is 0. The van der Waals surface area contributed by atoms with Crippen molar-refractivity contribution in [1.29, 1.82) is 0 Å². The van der Waals surface area contributed by atoms with Gasteiger partial charge in [0.15, 0.2) is 0 Å². The Balaban J connectivity index is 1.55. The van der Waals surface area contributed by atoms with Crippen LogP contribution in [0.1, 0.15) is 28.2 Å². The number of aromatic amines is 1. The molecule has 3 rings (SSSR count). The molecular weight excluding hydrogens is 276 g/mol. The fourth-order valence-corrected chi connectivity index (χ4v) is 2.57. The fraction of sp³-hybridized carbons (Fsp3) is 0.308. The number of carbonyl (C=O) groups excluding carboxylic acids is 2. The Bertz CT molecular complexity index is 616. The molecule has 0 radical (unpaired) electrons. The number of rotatable bonds is 5. The summed E-state index contributed by atoms with van der Waals surface area (Å²) in [6.07, 6.45) is 3.57. The first-order valence-electron chi connectivity index (χ1n) is 6.39. The van der Waals surface area contributed by atoms with Gasteiger partial charge in [-0.2, -0.15) is 5.10 Å². The van der Waals surface area contributed by atoms with E-state index in [9.17, 15) is 9.59 Å². The van der Waals surface area contributed by atoms with Gasteiger partial charge in [0, 0.05) is 12.1 Å². The van der Waals surface area contributed by atoms with E-state index < -0.39 is 0 Å². The van der Waals surface area contributed by atoms with E-state index in [1.54, 1.807) is 24.4 Å². The maximum atomic E-state index is 11.9.